The number of carbonyl (C=O) groups excluding carboxylic acids is 2. The van der Waals surface area contributed by atoms with Crippen LogP contribution in [-0.4, -0.2) is 42.5 Å². The highest BCUT2D eigenvalue weighted by Gasteiger charge is 2.13. The van der Waals surface area contributed by atoms with Crippen LogP contribution in [0, 0.1) is 0 Å². The molecule has 1 unspecified atom stereocenters. The number of hydrogen-bond acceptors (Lipinski definition) is 4. The topological polar surface area (TPSA) is 70.7 Å². The fourth-order valence-corrected chi connectivity index (χ4v) is 2.78. The van der Waals surface area contributed by atoms with Gasteiger partial charge in [-0.2, -0.15) is 0 Å². The molecule has 0 fully saturated rings. The minimum absolute atomic E-state index is 0.0380. The van der Waals surface area contributed by atoms with E-state index in [2.05, 4.69) is 17.6 Å². The van der Waals surface area contributed by atoms with Gasteiger partial charge in [-0.1, -0.05) is 13.0 Å². The molecule has 0 aliphatic heterocycles. The number of nitrogens with one attached hydrogen (secondary N) is 2. The lowest BCUT2D eigenvalue weighted by atomic mass is 10.1. The van der Waals surface area contributed by atoms with Crippen LogP contribution < -0.4 is 15.4 Å². The molecule has 29 heavy (non-hydrogen) atoms. The van der Waals surface area contributed by atoms with Crippen LogP contribution in [0.15, 0.2) is 48.5 Å². The van der Waals surface area contributed by atoms with Crippen LogP contribution in [0.25, 0.3) is 0 Å². The van der Waals surface area contributed by atoms with Crippen LogP contribution in [0.1, 0.15) is 44.5 Å². The van der Waals surface area contributed by atoms with Gasteiger partial charge in [0.05, 0.1) is 12.6 Å². The number of carbonyl (C=O) groups is 2. The molecule has 0 saturated heterocycles. The predicted octanol–water partition coefficient (Wildman–Crippen LogP) is 4.40. The van der Waals surface area contributed by atoms with Crippen LogP contribution >= 0.6 is 0 Å². The molecule has 0 spiro atoms. The van der Waals surface area contributed by atoms with Gasteiger partial charge in [0.25, 0.3) is 5.91 Å². The Hall–Kier alpha value is -3.02. The molecule has 2 aromatic carbocycles. The van der Waals surface area contributed by atoms with Gasteiger partial charge in [-0.05, 0) is 69.7 Å². The lowest BCUT2D eigenvalue weighted by molar-refractivity contribution is -0.114. The van der Waals surface area contributed by atoms with E-state index in [9.17, 15) is 9.59 Å². The van der Waals surface area contributed by atoms with E-state index >= 15 is 0 Å². The number of hydrogen-bond donors (Lipinski definition) is 2. The third kappa shape index (κ3) is 6.82. The first kappa shape index (κ1) is 22.3. The van der Waals surface area contributed by atoms with Crippen LogP contribution in [0.3, 0.4) is 0 Å². The van der Waals surface area contributed by atoms with Crippen molar-refractivity contribution in [3.63, 3.8) is 0 Å². The number of nitrogens with zero attached hydrogens (tertiary/aromatic N) is 1. The van der Waals surface area contributed by atoms with Crippen molar-refractivity contribution >= 4 is 23.2 Å². The van der Waals surface area contributed by atoms with Gasteiger partial charge in [0.15, 0.2) is 0 Å². The van der Waals surface area contributed by atoms with E-state index < -0.39 is 0 Å². The summed E-state index contributed by atoms with van der Waals surface area (Å²) in [5.74, 6) is 0.588. The van der Waals surface area contributed by atoms with Crippen molar-refractivity contribution in [2.45, 2.75) is 40.2 Å². The molecular formula is C23H31N3O3. The minimum atomic E-state index is -0.183. The van der Waals surface area contributed by atoms with E-state index in [1.807, 2.05) is 45.0 Å². The van der Waals surface area contributed by atoms with Crippen LogP contribution in [0.5, 0.6) is 5.75 Å². The quantitative estimate of drug-likeness (QED) is 0.623. The van der Waals surface area contributed by atoms with Crippen molar-refractivity contribution in [3.8, 4) is 5.75 Å². The molecule has 0 saturated carbocycles. The van der Waals surface area contributed by atoms with Gasteiger partial charge in [-0.25, -0.2) is 0 Å². The van der Waals surface area contributed by atoms with E-state index in [4.69, 9.17) is 4.74 Å². The summed E-state index contributed by atoms with van der Waals surface area (Å²) in [4.78, 5) is 26.5. The Bertz CT molecular complexity index is 801. The van der Waals surface area contributed by atoms with E-state index in [1.54, 1.807) is 29.2 Å². The van der Waals surface area contributed by atoms with Gasteiger partial charge in [0.1, 0.15) is 5.75 Å². The maximum absolute atomic E-state index is 12.5. The zero-order valence-electron chi connectivity index (χ0n) is 17.7. The number of ether oxygens (including phenoxy) is 1. The maximum Gasteiger partial charge on any atom is 0.253 e. The molecule has 156 valence electrons. The molecule has 2 rings (SSSR count). The van der Waals surface area contributed by atoms with Gasteiger partial charge >= 0.3 is 0 Å². The first-order valence-corrected chi connectivity index (χ1v) is 10.2. The first-order valence-electron chi connectivity index (χ1n) is 10.2. The molecule has 6 heteroatoms. The number of benzene rings is 2. The van der Waals surface area contributed by atoms with Gasteiger partial charge < -0.3 is 20.3 Å². The fraction of sp³-hybridized carbons (Fsp3) is 0.391. The molecule has 1 atom stereocenters. The highest BCUT2D eigenvalue weighted by Crippen LogP contribution is 2.18. The smallest absolute Gasteiger partial charge is 0.253 e. The van der Waals surface area contributed by atoms with Crippen molar-refractivity contribution in [1.82, 2.24) is 4.90 Å². The SMILES string of the molecule is CCC(C)Oc1ccc(NCC(=O)Nc2cccc(C(=O)N(CC)CC)c2)cc1. The summed E-state index contributed by atoms with van der Waals surface area (Å²) in [5, 5.41) is 5.92. The molecule has 0 aliphatic rings. The van der Waals surface area contributed by atoms with Gasteiger partial charge in [-0.15, -0.1) is 0 Å². The normalized spacial score (nSPS) is 11.4. The highest BCUT2D eigenvalue weighted by molar-refractivity contribution is 5.98. The van der Waals surface area contributed by atoms with Gasteiger partial charge in [-0.3, -0.25) is 9.59 Å². The van der Waals surface area contributed by atoms with E-state index in [1.165, 1.54) is 0 Å². The summed E-state index contributed by atoms with van der Waals surface area (Å²) >= 11 is 0. The van der Waals surface area contributed by atoms with Crippen molar-refractivity contribution < 1.29 is 14.3 Å². The second-order valence-electron chi connectivity index (χ2n) is 6.82. The second kappa shape index (κ2) is 11.1. The fourth-order valence-electron chi connectivity index (χ4n) is 2.78. The van der Waals surface area contributed by atoms with Crippen molar-refractivity contribution in [3.05, 3.63) is 54.1 Å². The van der Waals surface area contributed by atoms with Crippen LogP contribution in [0.2, 0.25) is 0 Å². The maximum atomic E-state index is 12.5. The lowest BCUT2D eigenvalue weighted by Crippen LogP contribution is -2.30. The van der Waals surface area contributed by atoms with Crippen molar-refractivity contribution in [1.29, 1.82) is 0 Å². The van der Waals surface area contributed by atoms with Crippen LogP contribution in [-0.2, 0) is 4.79 Å². The zero-order chi connectivity index (χ0) is 21.2. The Morgan fingerprint density at radius 1 is 1.00 bits per heavy atom. The second-order valence-corrected chi connectivity index (χ2v) is 6.82. The average Bonchev–Trinajstić information content (AvgIpc) is 2.74. The minimum Gasteiger partial charge on any atom is -0.491 e. The third-order valence-corrected chi connectivity index (χ3v) is 4.66. The molecule has 0 heterocycles. The highest BCUT2D eigenvalue weighted by atomic mass is 16.5. The molecule has 2 N–H and O–H groups in total. The number of amides is 2. The number of rotatable bonds is 10. The van der Waals surface area contributed by atoms with E-state index in [-0.39, 0.29) is 24.5 Å². The summed E-state index contributed by atoms with van der Waals surface area (Å²) in [6.07, 6.45) is 1.12. The summed E-state index contributed by atoms with van der Waals surface area (Å²) in [6.45, 7) is 9.42. The Morgan fingerprint density at radius 3 is 2.31 bits per heavy atom. The molecule has 2 aromatic rings. The molecular weight excluding hydrogens is 366 g/mol. The van der Waals surface area contributed by atoms with E-state index in [0.717, 1.165) is 17.9 Å². The van der Waals surface area contributed by atoms with Gasteiger partial charge in [0, 0.05) is 30.0 Å². The predicted molar refractivity (Wildman–Crippen MR) is 118 cm³/mol. The molecule has 0 bridgehead atoms. The molecule has 2 amide bonds. The molecule has 6 nitrogen and oxygen atoms in total. The first-order chi connectivity index (χ1) is 14.0. The molecule has 0 radical (unpaired) electrons. The summed E-state index contributed by atoms with van der Waals surface area (Å²) in [5.41, 5.74) is 2.01. The van der Waals surface area contributed by atoms with Crippen molar-refractivity contribution in [2.75, 3.05) is 30.3 Å². The average molecular weight is 398 g/mol. The monoisotopic (exact) mass is 397 g/mol. The summed E-state index contributed by atoms with van der Waals surface area (Å²) < 4.78 is 5.75. The Morgan fingerprint density at radius 2 is 1.69 bits per heavy atom. The number of anilines is 2. The van der Waals surface area contributed by atoms with Gasteiger partial charge in [0.2, 0.25) is 5.91 Å². The Labute approximate surface area is 173 Å². The lowest BCUT2D eigenvalue weighted by Gasteiger charge is -2.19. The summed E-state index contributed by atoms with van der Waals surface area (Å²) in [7, 11) is 0. The molecule has 0 aromatic heterocycles. The Kier molecular flexibility index (Phi) is 8.52. The Balaban J connectivity index is 1.89. The zero-order valence-corrected chi connectivity index (χ0v) is 17.7. The molecule has 0 aliphatic carbocycles. The summed E-state index contributed by atoms with van der Waals surface area (Å²) in [6, 6.07) is 14.6. The van der Waals surface area contributed by atoms with E-state index in [0.29, 0.717) is 24.3 Å². The standard InChI is InChI=1S/C23H31N3O3/c1-5-17(4)29-21-13-11-19(12-14-21)24-16-22(27)25-20-10-8-9-18(15-20)23(28)26(6-2)7-3/h8-15,17,24H,5-7,16H2,1-4H3,(H,25,27). The third-order valence-electron chi connectivity index (χ3n) is 4.66. The van der Waals surface area contributed by atoms with Crippen LogP contribution in [0.4, 0.5) is 11.4 Å². The largest absolute Gasteiger partial charge is 0.491 e. The van der Waals surface area contributed by atoms with Crippen molar-refractivity contribution in [2.24, 2.45) is 0 Å².